The molecule has 0 aliphatic carbocycles. The van der Waals surface area contributed by atoms with Crippen LogP contribution in [0.5, 0.6) is 0 Å². The van der Waals surface area contributed by atoms with Crippen LogP contribution < -0.4 is 27.4 Å². The van der Waals surface area contributed by atoms with Crippen LogP contribution >= 0.6 is 23.1 Å². The largest absolute Gasteiger partial charge is 0.476 e. The van der Waals surface area contributed by atoms with Crippen LogP contribution in [0.25, 0.3) is 0 Å². The lowest BCUT2D eigenvalue weighted by molar-refractivity contribution is -0.900. The summed E-state index contributed by atoms with van der Waals surface area (Å²) >= 11 is 0. The van der Waals surface area contributed by atoms with Crippen LogP contribution in [0.4, 0.5) is 0 Å². The maximum Gasteiger partial charge on any atom is 0.476 e. The second kappa shape index (κ2) is 44.0. The SMILES string of the molecule is CCCCN(CCCC)CCCC.CCCCN(CCCC)CCCC.CCCC[NH+](CCCC)CCCC.[B-]P(=O)(OP(=O)(O)OC[C@H]1O[C@@H](n2ccc(=O)[nH]c2=O)[C@H](O)[C@@H]1O)OP(=O)(O)OC[C@H]1O[C@@H](n2ccc(=O)[nH]c2=O)[C@H](O)[C@@H]1O. The second-order valence-electron chi connectivity index (χ2n) is 21.2. The third-order valence-corrected chi connectivity index (χ3v) is 18.2. The minimum absolute atomic E-state index is 0.699. The number of aliphatic hydroxyl groups is 4. The van der Waals surface area contributed by atoms with Crippen LogP contribution in [0, 0.1) is 0 Å². The summed E-state index contributed by atoms with van der Waals surface area (Å²) in [5, 5.41) is 40.8. The zero-order valence-corrected chi connectivity index (χ0v) is 54.3. The Hall–Kier alpha value is -2.49. The topological polar surface area (TPSA) is 349 Å². The van der Waals surface area contributed by atoms with Gasteiger partial charge in [0.2, 0.25) is 0 Å². The van der Waals surface area contributed by atoms with E-state index >= 15 is 0 Å². The maximum absolute atomic E-state index is 12.4. The number of nitrogens with zero attached hydrogens (tertiary/aromatic N) is 4. The highest BCUT2D eigenvalue weighted by Crippen LogP contribution is 2.67. The van der Waals surface area contributed by atoms with Gasteiger partial charge in [-0.05, 0) is 97.1 Å². The summed E-state index contributed by atoms with van der Waals surface area (Å²) in [6.07, 6.45) is 12.6. The number of aliphatic hydroxyl groups excluding tert-OH is 4. The zero-order valence-electron chi connectivity index (χ0n) is 51.6. The molecule has 2 aliphatic rings. The number of H-pyrrole nitrogens is 2. The number of rotatable bonds is 39. The molecule has 3 radical (unpaired) electrons. The molecule has 2 saturated heterocycles. The van der Waals surface area contributed by atoms with Crippen molar-refractivity contribution in [3.63, 3.8) is 0 Å². The summed E-state index contributed by atoms with van der Waals surface area (Å²) in [6.45, 7) is 30.5. The fraction of sp³-hybridized carbons (Fsp3) is 0.852. The van der Waals surface area contributed by atoms with E-state index in [0.29, 0.717) is 9.13 Å². The van der Waals surface area contributed by atoms with Gasteiger partial charge in [0, 0.05) is 24.5 Å². The Morgan fingerprint density at radius 3 is 1.02 bits per heavy atom. The van der Waals surface area contributed by atoms with Gasteiger partial charge in [-0.1, -0.05) is 120 Å². The average molecular weight is 1260 g/mol. The summed E-state index contributed by atoms with van der Waals surface area (Å²) < 4.78 is 66.3. The first-order valence-corrected chi connectivity index (χ1v) is 35.1. The number of unbranched alkanes of at least 4 members (excludes halogenated alkanes) is 9. The van der Waals surface area contributed by atoms with Gasteiger partial charge in [0.15, 0.2) is 12.5 Å². The molecular weight excluding hydrogens is 1150 g/mol. The second-order valence-corrected chi connectivity index (χ2v) is 26.0. The number of nitrogens with one attached hydrogen (secondary N) is 3. The summed E-state index contributed by atoms with van der Waals surface area (Å²) in [5.41, 5.74) is -3.59. The molecule has 0 amide bonds. The molecule has 0 spiro atoms. The fourth-order valence-electron chi connectivity index (χ4n) is 8.75. The number of quaternary nitrogens is 1. The molecule has 2 unspecified atom stereocenters. The Morgan fingerprint density at radius 1 is 0.500 bits per heavy atom. The lowest BCUT2D eigenvalue weighted by atomic mass is 10.1. The van der Waals surface area contributed by atoms with Crippen molar-refractivity contribution in [3.05, 3.63) is 66.2 Å². The quantitative estimate of drug-likeness (QED) is 0.0294. The van der Waals surface area contributed by atoms with Crippen molar-refractivity contribution in [2.24, 2.45) is 0 Å². The van der Waals surface area contributed by atoms with Crippen LogP contribution in [0.2, 0.25) is 0 Å². The number of ether oxygens (including phenoxy) is 2. The molecule has 2 aromatic heterocycles. The first-order chi connectivity index (χ1) is 39.8. The number of hydrogen-bond donors (Lipinski definition) is 9. The molecule has 26 nitrogen and oxygen atoms in total. The van der Waals surface area contributed by atoms with Crippen molar-refractivity contribution in [3.8, 4) is 0 Å². The van der Waals surface area contributed by atoms with Crippen LogP contribution in [0.3, 0.4) is 0 Å². The molecule has 4 heterocycles. The van der Waals surface area contributed by atoms with Crippen molar-refractivity contribution in [2.45, 2.75) is 227 Å². The number of phosphoric acid groups is 2. The van der Waals surface area contributed by atoms with E-state index in [1.54, 1.807) is 0 Å². The molecule has 0 saturated carbocycles. The minimum atomic E-state index is -5.56. The van der Waals surface area contributed by atoms with Crippen molar-refractivity contribution < 1.29 is 76.0 Å². The molecular formula is C54H106BN7O19P3. The van der Waals surface area contributed by atoms with Gasteiger partial charge < -0.3 is 66.5 Å². The Labute approximate surface area is 499 Å². The van der Waals surface area contributed by atoms with Crippen molar-refractivity contribution in [1.82, 2.24) is 28.9 Å². The van der Waals surface area contributed by atoms with Crippen molar-refractivity contribution in [1.29, 1.82) is 0 Å². The van der Waals surface area contributed by atoms with Gasteiger partial charge >= 0.3 is 27.0 Å². The lowest BCUT2D eigenvalue weighted by Gasteiger charge is -2.29. The maximum atomic E-state index is 12.4. The van der Waals surface area contributed by atoms with E-state index in [0.717, 1.165) is 24.5 Å². The molecule has 30 heteroatoms. The first-order valence-electron chi connectivity index (χ1n) is 30.5. The van der Waals surface area contributed by atoms with Crippen molar-refractivity contribution in [2.75, 3.05) is 72.1 Å². The van der Waals surface area contributed by atoms with Gasteiger partial charge in [-0.3, -0.25) is 37.7 Å². The Kier molecular flexibility index (Phi) is 41.7. The predicted octanol–water partition coefficient (Wildman–Crippen LogP) is 5.52. The number of hydrogen-bond acceptors (Lipinski definition) is 19. The monoisotopic (exact) mass is 1260 g/mol. The highest BCUT2D eigenvalue weighted by molar-refractivity contribution is 7.86. The third-order valence-electron chi connectivity index (χ3n) is 13.8. The van der Waals surface area contributed by atoms with Crippen LogP contribution in [0.1, 0.15) is 190 Å². The van der Waals surface area contributed by atoms with Crippen molar-refractivity contribution >= 4 is 30.7 Å². The molecule has 489 valence electrons. The molecule has 9 N–H and O–H groups in total. The summed E-state index contributed by atoms with van der Waals surface area (Å²) in [4.78, 5) is 77.1. The van der Waals surface area contributed by atoms with E-state index in [1.807, 2.05) is 14.9 Å². The van der Waals surface area contributed by atoms with Gasteiger partial charge in [-0.15, -0.1) is 0 Å². The third kappa shape index (κ3) is 32.1. The smallest absolute Gasteiger partial charge is 0.442 e. The molecule has 0 aromatic carbocycles. The average Bonchev–Trinajstić information content (AvgIpc) is 3.05. The first kappa shape index (κ1) is 79.5. The van der Waals surface area contributed by atoms with E-state index in [2.05, 4.69) is 89.8 Å². The minimum Gasteiger partial charge on any atom is -0.442 e. The Morgan fingerprint density at radius 2 is 0.774 bits per heavy atom. The van der Waals surface area contributed by atoms with Gasteiger partial charge in [-0.2, -0.15) is 0 Å². The Bertz CT molecular complexity index is 2200. The molecule has 2 aromatic rings. The highest BCUT2D eigenvalue weighted by Gasteiger charge is 2.47. The number of aromatic nitrogens is 4. The molecule has 4 rings (SSSR count). The summed E-state index contributed by atoms with van der Waals surface area (Å²) in [6, 6.07) is 1.82. The van der Waals surface area contributed by atoms with Gasteiger partial charge in [-0.25, -0.2) is 27.3 Å². The predicted molar refractivity (Wildman–Crippen MR) is 324 cm³/mol. The molecule has 84 heavy (non-hydrogen) atoms. The van der Waals surface area contributed by atoms with E-state index in [4.69, 9.17) is 17.0 Å². The molecule has 2 aliphatic heterocycles. The zero-order chi connectivity index (χ0) is 63.3. The van der Waals surface area contributed by atoms with E-state index in [-0.39, 0.29) is 0 Å². The normalized spacial score (nSPS) is 22.6. The van der Waals surface area contributed by atoms with E-state index in [1.165, 1.54) is 174 Å². The van der Waals surface area contributed by atoms with E-state index < -0.39 is 108 Å². The van der Waals surface area contributed by atoms with Gasteiger partial charge in [0.05, 0.1) is 40.3 Å². The van der Waals surface area contributed by atoms with Gasteiger partial charge in [0.25, 0.3) is 11.1 Å². The molecule has 0 bridgehead atoms. The fourth-order valence-corrected chi connectivity index (χ4v) is 12.5. The van der Waals surface area contributed by atoms with E-state index in [9.17, 15) is 63.1 Å². The summed E-state index contributed by atoms with van der Waals surface area (Å²) in [5.74, 6) is 0. The molecule has 2 fully saturated rings. The molecule has 10 atom stereocenters. The van der Waals surface area contributed by atoms with Crippen LogP contribution in [0.15, 0.2) is 43.7 Å². The van der Waals surface area contributed by atoms with Gasteiger partial charge in [0.1, 0.15) is 36.6 Å². The highest BCUT2D eigenvalue weighted by atomic mass is 31.3. The number of phosphoric ester groups is 2. The number of aromatic amines is 2. The Balaban J connectivity index is 0.000000730. The standard InChI is InChI=1S/C18H24BN4O19P3.3C12H27N/c19-43(32,41-44(33,34)37-5-7-11(26)13(28)15(39-7)22-3-1-9(24)20-17(22)30)42-45(35,36)38-6-8-12(27)14(29)16(40-8)23-4-2-10(25)21-18(23)31;3*1-4-7-10-13(11-8-5-2)12-9-6-3/h1-4,7-8,11-16,26-29H,5-6H2,(H,33,34)(H,35,36)(H,20,24,30)(H,21,25,31);3*4-12H2,1-3H3/q-1;;;/p+1/t7-,8-,11-,12-,13-,14-,15-,16-;;;/m1.../s1. The van der Waals surface area contributed by atoms with Crippen LogP contribution in [-0.2, 0) is 40.8 Å². The van der Waals surface area contributed by atoms with Crippen LogP contribution in [-0.4, -0.2) is 175 Å². The summed E-state index contributed by atoms with van der Waals surface area (Å²) in [7, 11) is -11.5. The lowest BCUT2D eigenvalue weighted by Crippen LogP contribution is -3.12.